The Kier molecular flexibility index (Phi) is 6.08. The molecule has 2 N–H and O–H groups in total. The molecule has 0 aliphatic rings. The largest absolute Gasteiger partial charge is 0.452 e. The van der Waals surface area contributed by atoms with Crippen LogP contribution in [0.25, 0.3) is 0 Å². The molecular formula is C18H18N2O4. The molecule has 0 aliphatic heterocycles. The molecule has 0 saturated heterocycles. The van der Waals surface area contributed by atoms with Gasteiger partial charge in [-0.1, -0.05) is 48.5 Å². The maximum atomic E-state index is 12.2. The lowest BCUT2D eigenvalue weighted by Crippen LogP contribution is -2.42. The third-order valence-electron chi connectivity index (χ3n) is 3.19. The van der Waals surface area contributed by atoms with Gasteiger partial charge in [0.2, 0.25) is 5.91 Å². The van der Waals surface area contributed by atoms with Crippen molar-refractivity contribution in [1.29, 1.82) is 0 Å². The van der Waals surface area contributed by atoms with Gasteiger partial charge in [0.05, 0.1) is 5.56 Å². The number of hydrogen-bond donors (Lipinski definition) is 2. The molecule has 2 aromatic carbocycles. The van der Waals surface area contributed by atoms with Gasteiger partial charge in [0.25, 0.3) is 5.91 Å². The molecule has 24 heavy (non-hydrogen) atoms. The minimum atomic E-state index is -0.612. The van der Waals surface area contributed by atoms with Crippen molar-refractivity contribution in [3.05, 3.63) is 71.3 Å². The quantitative estimate of drug-likeness (QED) is 0.646. The second kappa shape index (κ2) is 8.47. The van der Waals surface area contributed by atoms with Gasteiger partial charge in [-0.2, -0.15) is 0 Å². The smallest absolute Gasteiger partial charge is 0.338 e. The fourth-order valence-corrected chi connectivity index (χ4v) is 2.09. The SMILES string of the molecule is CC(=O)NNC(=O)COC(=O)c1ccccc1Cc1ccccc1. The zero-order valence-electron chi connectivity index (χ0n) is 13.2. The molecule has 2 rings (SSSR count). The molecule has 2 aromatic rings. The van der Waals surface area contributed by atoms with E-state index in [4.69, 9.17) is 4.74 Å². The van der Waals surface area contributed by atoms with E-state index in [1.165, 1.54) is 6.92 Å². The van der Waals surface area contributed by atoms with E-state index in [1.54, 1.807) is 12.1 Å². The Morgan fingerprint density at radius 1 is 0.917 bits per heavy atom. The highest BCUT2D eigenvalue weighted by Gasteiger charge is 2.14. The van der Waals surface area contributed by atoms with Crippen LogP contribution in [0.2, 0.25) is 0 Å². The molecule has 0 radical (unpaired) electrons. The van der Waals surface area contributed by atoms with Crippen molar-refractivity contribution in [3.63, 3.8) is 0 Å². The molecule has 0 bridgehead atoms. The first-order valence-electron chi connectivity index (χ1n) is 7.40. The minimum absolute atomic E-state index is 0.411. The van der Waals surface area contributed by atoms with Crippen LogP contribution in [0.15, 0.2) is 54.6 Å². The molecule has 0 aliphatic carbocycles. The molecule has 2 amide bonds. The van der Waals surface area contributed by atoms with Crippen molar-refractivity contribution in [2.45, 2.75) is 13.3 Å². The summed E-state index contributed by atoms with van der Waals surface area (Å²) < 4.78 is 5.00. The van der Waals surface area contributed by atoms with Crippen LogP contribution >= 0.6 is 0 Å². The molecule has 0 heterocycles. The zero-order chi connectivity index (χ0) is 17.4. The Bertz CT molecular complexity index is 729. The molecule has 0 unspecified atom stereocenters. The van der Waals surface area contributed by atoms with Crippen LogP contribution < -0.4 is 10.9 Å². The lowest BCUT2D eigenvalue weighted by atomic mass is 10.00. The summed E-state index contributed by atoms with van der Waals surface area (Å²) in [6, 6.07) is 16.8. The lowest BCUT2D eigenvalue weighted by molar-refractivity contribution is -0.129. The number of carbonyl (C=O) groups excluding carboxylic acids is 3. The van der Waals surface area contributed by atoms with Crippen molar-refractivity contribution < 1.29 is 19.1 Å². The van der Waals surface area contributed by atoms with Gasteiger partial charge in [-0.25, -0.2) is 4.79 Å². The second-order valence-electron chi connectivity index (χ2n) is 5.13. The predicted octanol–water partition coefficient (Wildman–Crippen LogP) is 1.60. The van der Waals surface area contributed by atoms with Gasteiger partial charge in [-0.15, -0.1) is 0 Å². The van der Waals surface area contributed by atoms with Crippen molar-refractivity contribution >= 4 is 17.8 Å². The summed E-state index contributed by atoms with van der Waals surface area (Å²) >= 11 is 0. The molecule has 0 aromatic heterocycles. The van der Waals surface area contributed by atoms with E-state index in [1.807, 2.05) is 42.5 Å². The molecule has 6 heteroatoms. The molecular weight excluding hydrogens is 308 g/mol. The van der Waals surface area contributed by atoms with E-state index in [-0.39, 0.29) is 0 Å². The van der Waals surface area contributed by atoms with Gasteiger partial charge in [0, 0.05) is 6.92 Å². The first-order valence-corrected chi connectivity index (χ1v) is 7.40. The van der Waals surface area contributed by atoms with Crippen LogP contribution in [0.4, 0.5) is 0 Å². The van der Waals surface area contributed by atoms with Gasteiger partial charge in [0.15, 0.2) is 6.61 Å². The Hall–Kier alpha value is -3.15. The maximum absolute atomic E-state index is 12.2. The number of rotatable bonds is 5. The number of hydrazine groups is 1. The van der Waals surface area contributed by atoms with Crippen molar-refractivity contribution in [2.75, 3.05) is 6.61 Å². The average molecular weight is 326 g/mol. The number of hydrogen-bond acceptors (Lipinski definition) is 4. The summed E-state index contributed by atoms with van der Waals surface area (Å²) in [7, 11) is 0. The van der Waals surface area contributed by atoms with E-state index >= 15 is 0 Å². The lowest BCUT2D eigenvalue weighted by Gasteiger charge is -2.10. The minimum Gasteiger partial charge on any atom is -0.452 e. The van der Waals surface area contributed by atoms with Gasteiger partial charge < -0.3 is 4.74 Å². The Morgan fingerprint density at radius 2 is 1.58 bits per heavy atom. The van der Waals surface area contributed by atoms with Crippen LogP contribution in [0.1, 0.15) is 28.4 Å². The Balaban J connectivity index is 1.99. The summed E-state index contributed by atoms with van der Waals surface area (Å²) in [6.45, 7) is 0.783. The van der Waals surface area contributed by atoms with Crippen LogP contribution in [-0.2, 0) is 20.7 Å². The van der Waals surface area contributed by atoms with Gasteiger partial charge in [-0.05, 0) is 23.6 Å². The van der Waals surface area contributed by atoms with E-state index in [0.29, 0.717) is 12.0 Å². The van der Waals surface area contributed by atoms with Gasteiger partial charge in [0.1, 0.15) is 0 Å². The van der Waals surface area contributed by atoms with E-state index in [0.717, 1.165) is 11.1 Å². The van der Waals surface area contributed by atoms with E-state index < -0.39 is 24.4 Å². The standard InChI is InChI=1S/C18H18N2O4/c1-13(21)19-20-17(22)12-24-18(23)16-10-6-5-9-15(16)11-14-7-3-2-4-8-14/h2-10H,11-12H2,1H3,(H,19,21)(H,20,22). The number of ether oxygens (including phenoxy) is 1. The van der Waals surface area contributed by atoms with Crippen LogP contribution in [0.5, 0.6) is 0 Å². The molecule has 0 fully saturated rings. The van der Waals surface area contributed by atoms with Crippen LogP contribution in [-0.4, -0.2) is 24.4 Å². The van der Waals surface area contributed by atoms with Crippen LogP contribution in [0.3, 0.4) is 0 Å². The number of nitrogens with one attached hydrogen (secondary N) is 2. The van der Waals surface area contributed by atoms with Crippen molar-refractivity contribution in [3.8, 4) is 0 Å². The highest BCUT2D eigenvalue weighted by Crippen LogP contribution is 2.15. The highest BCUT2D eigenvalue weighted by atomic mass is 16.5. The maximum Gasteiger partial charge on any atom is 0.338 e. The number of benzene rings is 2. The zero-order valence-corrected chi connectivity index (χ0v) is 13.2. The van der Waals surface area contributed by atoms with E-state index in [9.17, 15) is 14.4 Å². The Morgan fingerprint density at radius 3 is 2.29 bits per heavy atom. The number of amides is 2. The fourth-order valence-electron chi connectivity index (χ4n) is 2.09. The highest BCUT2D eigenvalue weighted by molar-refractivity contribution is 5.93. The normalized spacial score (nSPS) is 9.88. The fraction of sp³-hybridized carbons (Fsp3) is 0.167. The Labute approximate surface area is 139 Å². The van der Waals surface area contributed by atoms with Gasteiger partial charge in [-0.3, -0.25) is 20.4 Å². The monoisotopic (exact) mass is 326 g/mol. The molecule has 0 spiro atoms. The van der Waals surface area contributed by atoms with Crippen molar-refractivity contribution in [1.82, 2.24) is 10.9 Å². The van der Waals surface area contributed by atoms with Crippen LogP contribution in [0, 0.1) is 0 Å². The third-order valence-corrected chi connectivity index (χ3v) is 3.19. The number of esters is 1. The molecule has 0 atom stereocenters. The van der Waals surface area contributed by atoms with Gasteiger partial charge >= 0.3 is 5.97 Å². The molecule has 0 saturated carbocycles. The molecule has 124 valence electrons. The summed E-state index contributed by atoms with van der Waals surface area (Å²) in [5, 5.41) is 0. The number of carbonyl (C=O) groups is 3. The second-order valence-corrected chi connectivity index (χ2v) is 5.13. The molecule has 6 nitrogen and oxygen atoms in total. The first kappa shape index (κ1) is 17.2. The topological polar surface area (TPSA) is 84.5 Å². The summed E-state index contributed by atoms with van der Waals surface area (Å²) in [5.41, 5.74) is 6.55. The summed E-state index contributed by atoms with van der Waals surface area (Å²) in [4.78, 5) is 34.4. The summed E-state index contributed by atoms with van der Waals surface area (Å²) in [6.07, 6.45) is 0.588. The predicted molar refractivity (Wildman–Crippen MR) is 87.9 cm³/mol. The van der Waals surface area contributed by atoms with E-state index in [2.05, 4.69) is 10.9 Å². The van der Waals surface area contributed by atoms with Crippen molar-refractivity contribution in [2.24, 2.45) is 0 Å². The first-order chi connectivity index (χ1) is 11.6. The summed E-state index contributed by atoms with van der Waals surface area (Å²) in [5.74, 6) is -1.61. The average Bonchev–Trinajstić information content (AvgIpc) is 2.59. The third kappa shape index (κ3) is 5.24.